The number of piperazine rings is 1. The Morgan fingerprint density at radius 3 is 2.40 bits per heavy atom. The van der Waals surface area contributed by atoms with Gasteiger partial charge in [-0.1, -0.05) is 15.9 Å². The third-order valence-electron chi connectivity index (χ3n) is 5.09. The highest BCUT2D eigenvalue weighted by atomic mass is 79.9. The summed E-state index contributed by atoms with van der Waals surface area (Å²) in [4.78, 5) is 17.4. The molecule has 1 fully saturated rings. The van der Waals surface area contributed by atoms with Gasteiger partial charge in [0, 0.05) is 53.3 Å². The summed E-state index contributed by atoms with van der Waals surface area (Å²) in [6, 6.07) is 8.34. The van der Waals surface area contributed by atoms with Crippen LogP contribution in [0.4, 0.5) is 0 Å². The first-order valence-corrected chi connectivity index (χ1v) is 9.55. The van der Waals surface area contributed by atoms with Gasteiger partial charge < -0.3 is 9.47 Å². The van der Waals surface area contributed by atoms with Crippen molar-refractivity contribution >= 4 is 21.7 Å². The molecule has 2 heterocycles. The standard InChI is InChI=1S/C20H26BrN3O/c1-14-11-17(5-6-19(14)21)24-15(2)12-18(16(24)3)20(25)13-23-9-7-22(4)8-10-23/h5-6,11-12H,7-10,13H2,1-4H3. The number of Topliss-reactive ketones (excluding diaryl/α,β-unsaturated/α-hetero) is 1. The number of carbonyl (C=O) groups is 1. The first-order chi connectivity index (χ1) is 11.9. The summed E-state index contributed by atoms with van der Waals surface area (Å²) in [5.74, 6) is 0.220. The van der Waals surface area contributed by atoms with Gasteiger partial charge in [0.25, 0.3) is 0 Å². The lowest BCUT2D eigenvalue weighted by Crippen LogP contribution is -2.46. The van der Waals surface area contributed by atoms with Gasteiger partial charge in [-0.05, 0) is 57.6 Å². The van der Waals surface area contributed by atoms with E-state index in [-0.39, 0.29) is 5.78 Å². The van der Waals surface area contributed by atoms with Crippen molar-refractivity contribution in [2.24, 2.45) is 0 Å². The summed E-state index contributed by atoms with van der Waals surface area (Å²) in [7, 11) is 2.13. The second-order valence-electron chi connectivity index (χ2n) is 7.06. The summed E-state index contributed by atoms with van der Waals surface area (Å²) in [6.45, 7) is 10.7. The molecule has 0 atom stereocenters. The van der Waals surface area contributed by atoms with Crippen LogP contribution in [-0.4, -0.2) is 59.9 Å². The molecule has 0 N–H and O–H groups in total. The number of aryl methyl sites for hydroxylation is 2. The molecule has 0 aliphatic carbocycles. The van der Waals surface area contributed by atoms with Gasteiger partial charge >= 0.3 is 0 Å². The smallest absolute Gasteiger partial charge is 0.178 e. The minimum atomic E-state index is 0.220. The Morgan fingerprint density at radius 2 is 1.76 bits per heavy atom. The topological polar surface area (TPSA) is 28.5 Å². The van der Waals surface area contributed by atoms with Gasteiger partial charge in [-0.2, -0.15) is 0 Å². The second kappa shape index (κ2) is 7.44. The second-order valence-corrected chi connectivity index (χ2v) is 7.91. The van der Waals surface area contributed by atoms with E-state index in [9.17, 15) is 4.79 Å². The lowest BCUT2D eigenvalue weighted by molar-refractivity contribution is 0.0876. The number of rotatable bonds is 4. The SMILES string of the molecule is Cc1cc(-n2c(C)cc(C(=O)CN3CCN(C)CC3)c2C)ccc1Br. The van der Waals surface area contributed by atoms with Crippen molar-refractivity contribution in [1.29, 1.82) is 0 Å². The largest absolute Gasteiger partial charge is 0.318 e. The molecule has 0 spiro atoms. The van der Waals surface area contributed by atoms with Gasteiger partial charge in [-0.25, -0.2) is 0 Å². The fourth-order valence-electron chi connectivity index (χ4n) is 3.50. The lowest BCUT2D eigenvalue weighted by atomic mass is 10.1. The lowest BCUT2D eigenvalue weighted by Gasteiger charge is -2.31. The summed E-state index contributed by atoms with van der Waals surface area (Å²) in [5, 5.41) is 0. The number of halogens is 1. The molecule has 1 aromatic carbocycles. The van der Waals surface area contributed by atoms with Crippen LogP contribution in [-0.2, 0) is 0 Å². The van der Waals surface area contributed by atoms with Crippen molar-refractivity contribution < 1.29 is 4.79 Å². The molecule has 0 bridgehead atoms. The Morgan fingerprint density at radius 1 is 1.08 bits per heavy atom. The Hall–Kier alpha value is -1.43. The van der Waals surface area contributed by atoms with Crippen molar-refractivity contribution in [3.63, 3.8) is 0 Å². The van der Waals surface area contributed by atoms with Crippen molar-refractivity contribution in [3.05, 3.63) is 51.3 Å². The number of likely N-dealkylation sites (N-methyl/N-ethyl adjacent to an activating group) is 1. The van der Waals surface area contributed by atoms with E-state index in [2.05, 4.69) is 69.4 Å². The van der Waals surface area contributed by atoms with E-state index in [4.69, 9.17) is 0 Å². The van der Waals surface area contributed by atoms with Crippen LogP contribution < -0.4 is 0 Å². The Labute approximate surface area is 158 Å². The third-order valence-corrected chi connectivity index (χ3v) is 5.98. The van der Waals surface area contributed by atoms with E-state index in [1.165, 1.54) is 5.56 Å². The molecule has 134 valence electrons. The maximum Gasteiger partial charge on any atom is 0.178 e. The van der Waals surface area contributed by atoms with Crippen LogP contribution in [0.15, 0.2) is 28.7 Å². The van der Waals surface area contributed by atoms with Crippen molar-refractivity contribution in [3.8, 4) is 5.69 Å². The molecular formula is C20H26BrN3O. The fraction of sp³-hybridized carbons (Fsp3) is 0.450. The molecule has 25 heavy (non-hydrogen) atoms. The molecule has 1 saturated heterocycles. The van der Waals surface area contributed by atoms with Crippen LogP contribution in [0.3, 0.4) is 0 Å². The Bertz CT molecular complexity index is 788. The van der Waals surface area contributed by atoms with E-state index in [0.29, 0.717) is 6.54 Å². The van der Waals surface area contributed by atoms with Crippen molar-refractivity contribution in [1.82, 2.24) is 14.4 Å². The maximum atomic E-state index is 12.9. The molecule has 2 aromatic rings. The fourth-order valence-corrected chi connectivity index (χ4v) is 3.75. The zero-order valence-electron chi connectivity index (χ0n) is 15.5. The van der Waals surface area contributed by atoms with E-state index in [1.807, 2.05) is 13.0 Å². The molecule has 0 radical (unpaired) electrons. The number of aromatic nitrogens is 1. The van der Waals surface area contributed by atoms with Crippen LogP contribution in [0.25, 0.3) is 5.69 Å². The van der Waals surface area contributed by atoms with Gasteiger partial charge in [0.1, 0.15) is 0 Å². The summed E-state index contributed by atoms with van der Waals surface area (Å²) in [5.41, 5.74) is 5.26. The Kier molecular flexibility index (Phi) is 5.46. The monoisotopic (exact) mass is 403 g/mol. The number of benzene rings is 1. The number of hydrogen-bond donors (Lipinski definition) is 0. The average molecular weight is 404 g/mol. The van der Waals surface area contributed by atoms with Gasteiger partial charge in [-0.15, -0.1) is 0 Å². The normalized spacial score (nSPS) is 16.4. The van der Waals surface area contributed by atoms with E-state index in [0.717, 1.165) is 53.3 Å². The number of hydrogen-bond acceptors (Lipinski definition) is 3. The zero-order chi connectivity index (χ0) is 18.1. The molecule has 0 unspecified atom stereocenters. The van der Waals surface area contributed by atoms with Crippen LogP contribution >= 0.6 is 15.9 Å². The summed E-state index contributed by atoms with van der Waals surface area (Å²) >= 11 is 3.55. The quantitative estimate of drug-likeness (QED) is 0.730. The molecule has 1 aromatic heterocycles. The molecule has 4 nitrogen and oxygen atoms in total. The minimum Gasteiger partial charge on any atom is -0.318 e. The first kappa shape index (κ1) is 18.4. The number of nitrogens with zero attached hydrogens (tertiary/aromatic N) is 3. The molecule has 1 aliphatic rings. The van der Waals surface area contributed by atoms with Crippen LogP contribution in [0, 0.1) is 20.8 Å². The highest BCUT2D eigenvalue weighted by Crippen LogP contribution is 2.25. The highest BCUT2D eigenvalue weighted by Gasteiger charge is 2.21. The van der Waals surface area contributed by atoms with Crippen LogP contribution in [0.2, 0.25) is 0 Å². The van der Waals surface area contributed by atoms with Gasteiger partial charge in [0.15, 0.2) is 5.78 Å². The van der Waals surface area contributed by atoms with E-state index in [1.54, 1.807) is 0 Å². The number of carbonyl (C=O) groups excluding carboxylic acids is 1. The highest BCUT2D eigenvalue weighted by molar-refractivity contribution is 9.10. The molecule has 0 amide bonds. The average Bonchev–Trinajstić information content (AvgIpc) is 2.87. The van der Waals surface area contributed by atoms with Crippen molar-refractivity contribution in [2.45, 2.75) is 20.8 Å². The van der Waals surface area contributed by atoms with Gasteiger partial charge in [-0.3, -0.25) is 9.69 Å². The van der Waals surface area contributed by atoms with Gasteiger partial charge in [0.05, 0.1) is 6.54 Å². The molecule has 1 aliphatic heterocycles. The van der Waals surface area contributed by atoms with Crippen LogP contribution in [0.5, 0.6) is 0 Å². The van der Waals surface area contributed by atoms with Gasteiger partial charge in [0.2, 0.25) is 0 Å². The Balaban J connectivity index is 1.83. The third kappa shape index (κ3) is 3.89. The predicted molar refractivity (Wildman–Crippen MR) is 106 cm³/mol. The summed E-state index contributed by atoms with van der Waals surface area (Å²) in [6.07, 6.45) is 0. The molecule has 3 rings (SSSR count). The molecule has 0 saturated carbocycles. The van der Waals surface area contributed by atoms with Crippen molar-refractivity contribution in [2.75, 3.05) is 39.8 Å². The maximum absolute atomic E-state index is 12.9. The summed E-state index contributed by atoms with van der Waals surface area (Å²) < 4.78 is 3.28. The minimum absolute atomic E-state index is 0.220. The number of ketones is 1. The molecule has 5 heteroatoms. The van der Waals surface area contributed by atoms with E-state index < -0.39 is 0 Å². The predicted octanol–water partition coefficient (Wildman–Crippen LogP) is 3.60. The first-order valence-electron chi connectivity index (χ1n) is 8.76. The van der Waals surface area contributed by atoms with E-state index >= 15 is 0 Å². The zero-order valence-corrected chi connectivity index (χ0v) is 17.1. The van der Waals surface area contributed by atoms with Crippen LogP contribution in [0.1, 0.15) is 27.3 Å². The molecular weight excluding hydrogens is 378 g/mol.